The summed E-state index contributed by atoms with van der Waals surface area (Å²) >= 11 is 11.9. The smallest absolute Gasteiger partial charge is 0.248 e. The van der Waals surface area contributed by atoms with Crippen LogP contribution in [-0.2, 0) is 21.4 Å². The van der Waals surface area contributed by atoms with Crippen molar-refractivity contribution < 1.29 is 17.6 Å². The molecule has 1 amide bonds. The molecule has 0 aliphatic rings. The van der Waals surface area contributed by atoms with Gasteiger partial charge in [0.2, 0.25) is 15.9 Å². The van der Waals surface area contributed by atoms with E-state index in [4.69, 9.17) is 27.6 Å². The number of furan rings is 1. The predicted octanol–water partition coefficient (Wildman–Crippen LogP) is 4.72. The molecule has 29 heavy (non-hydrogen) atoms. The number of hydrogen-bond donors (Lipinski definition) is 2. The summed E-state index contributed by atoms with van der Waals surface area (Å²) in [7, 11) is -3.63. The molecule has 0 spiro atoms. The summed E-state index contributed by atoms with van der Waals surface area (Å²) in [5, 5.41) is 3.43. The van der Waals surface area contributed by atoms with Gasteiger partial charge in [-0.15, -0.1) is 0 Å². The van der Waals surface area contributed by atoms with Gasteiger partial charge >= 0.3 is 0 Å². The van der Waals surface area contributed by atoms with Gasteiger partial charge in [0.15, 0.2) is 0 Å². The molecule has 1 aromatic heterocycles. The highest BCUT2D eigenvalue weighted by atomic mass is 35.5. The molecule has 2 N–H and O–H groups in total. The number of anilines is 1. The first-order valence-electron chi connectivity index (χ1n) is 8.41. The molecule has 3 aromatic rings. The summed E-state index contributed by atoms with van der Waals surface area (Å²) in [6.45, 7) is -0.0185. The lowest BCUT2D eigenvalue weighted by molar-refractivity contribution is -0.111. The number of amides is 1. The second-order valence-electron chi connectivity index (χ2n) is 5.89. The summed E-state index contributed by atoms with van der Waals surface area (Å²) in [4.78, 5) is 12.2. The molecule has 0 aliphatic carbocycles. The Labute approximate surface area is 178 Å². The summed E-state index contributed by atoms with van der Waals surface area (Å²) in [6.07, 6.45) is 2.73. The van der Waals surface area contributed by atoms with Crippen molar-refractivity contribution in [3.05, 3.63) is 88.3 Å². The van der Waals surface area contributed by atoms with Crippen molar-refractivity contribution in [2.75, 3.05) is 5.32 Å². The van der Waals surface area contributed by atoms with Gasteiger partial charge < -0.3 is 9.73 Å². The summed E-state index contributed by atoms with van der Waals surface area (Å²) in [5.74, 6) is 0.380. The topological polar surface area (TPSA) is 88.4 Å². The number of halogens is 2. The molecule has 150 valence electrons. The van der Waals surface area contributed by atoms with Gasteiger partial charge in [0.1, 0.15) is 11.5 Å². The van der Waals surface area contributed by atoms with Crippen molar-refractivity contribution in [1.82, 2.24) is 4.72 Å². The minimum absolute atomic E-state index is 0.0185. The number of carbonyl (C=O) groups is 1. The standard InChI is InChI=1S/C20H16Cl2N2O4S/c21-14-6-10-18(22)19(12-14)24-20(25)11-9-15-7-8-16(28-15)13-23-29(26,27)17-4-2-1-3-5-17/h1-12,23H,13H2,(H,24,25)/b11-9+. The number of hydrogen-bond acceptors (Lipinski definition) is 4. The molecular weight excluding hydrogens is 435 g/mol. The Hall–Kier alpha value is -2.58. The molecule has 0 fully saturated rings. The van der Waals surface area contributed by atoms with Gasteiger partial charge in [0.05, 0.1) is 22.2 Å². The van der Waals surface area contributed by atoms with E-state index in [0.29, 0.717) is 27.3 Å². The second-order valence-corrected chi connectivity index (χ2v) is 8.50. The maximum atomic E-state index is 12.2. The van der Waals surface area contributed by atoms with E-state index < -0.39 is 15.9 Å². The number of nitrogens with one attached hydrogen (secondary N) is 2. The lowest BCUT2D eigenvalue weighted by atomic mass is 10.3. The van der Waals surface area contributed by atoms with Crippen LogP contribution in [0.3, 0.4) is 0 Å². The van der Waals surface area contributed by atoms with Gasteiger partial charge in [-0.05, 0) is 48.5 Å². The first-order valence-corrected chi connectivity index (χ1v) is 10.6. The van der Waals surface area contributed by atoms with Crippen LogP contribution in [0.15, 0.2) is 76.1 Å². The van der Waals surface area contributed by atoms with Crippen LogP contribution in [0.2, 0.25) is 10.0 Å². The monoisotopic (exact) mass is 450 g/mol. The Balaban J connectivity index is 1.58. The molecule has 3 rings (SSSR count). The van der Waals surface area contributed by atoms with Gasteiger partial charge in [-0.25, -0.2) is 13.1 Å². The van der Waals surface area contributed by atoms with E-state index in [9.17, 15) is 13.2 Å². The zero-order valence-electron chi connectivity index (χ0n) is 14.9. The molecule has 1 heterocycles. The minimum Gasteiger partial charge on any atom is -0.460 e. The highest BCUT2D eigenvalue weighted by molar-refractivity contribution is 7.89. The Bertz CT molecular complexity index is 1140. The van der Waals surface area contributed by atoms with Gasteiger partial charge in [0.25, 0.3) is 0 Å². The van der Waals surface area contributed by atoms with Crippen molar-refractivity contribution in [3.63, 3.8) is 0 Å². The molecule has 6 nitrogen and oxygen atoms in total. The van der Waals surface area contributed by atoms with E-state index in [-0.39, 0.29) is 11.4 Å². The Morgan fingerprint density at radius 2 is 1.79 bits per heavy atom. The molecule has 0 bridgehead atoms. The molecule has 0 saturated carbocycles. The summed E-state index contributed by atoms with van der Waals surface area (Å²) in [6, 6.07) is 16.0. The van der Waals surface area contributed by atoms with Crippen molar-refractivity contribution in [1.29, 1.82) is 0 Å². The fraction of sp³-hybridized carbons (Fsp3) is 0.0500. The van der Waals surface area contributed by atoms with Crippen molar-refractivity contribution in [2.45, 2.75) is 11.4 Å². The third kappa shape index (κ3) is 5.95. The summed E-state index contributed by atoms with van der Waals surface area (Å²) < 4.78 is 32.4. The normalized spacial score (nSPS) is 11.7. The van der Waals surface area contributed by atoms with E-state index in [1.54, 1.807) is 48.5 Å². The molecule has 2 aromatic carbocycles. The SMILES string of the molecule is O=C(/C=C/c1ccc(CNS(=O)(=O)c2ccccc2)o1)Nc1cc(Cl)ccc1Cl. The van der Waals surface area contributed by atoms with Crippen LogP contribution in [0, 0.1) is 0 Å². The van der Waals surface area contributed by atoms with Crippen LogP contribution in [-0.4, -0.2) is 14.3 Å². The van der Waals surface area contributed by atoms with E-state index in [1.165, 1.54) is 24.3 Å². The minimum atomic E-state index is -3.63. The number of sulfonamides is 1. The number of rotatable bonds is 7. The van der Waals surface area contributed by atoms with E-state index in [1.807, 2.05) is 0 Å². The van der Waals surface area contributed by atoms with E-state index >= 15 is 0 Å². The van der Waals surface area contributed by atoms with Crippen LogP contribution < -0.4 is 10.0 Å². The lowest BCUT2D eigenvalue weighted by Gasteiger charge is -2.05. The highest BCUT2D eigenvalue weighted by Crippen LogP contribution is 2.25. The maximum Gasteiger partial charge on any atom is 0.248 e. The Morgan fingerprint density at radius 1 is 1.03 bits per heavy atom. The van der Waals surface area contributed by atoms with Crippen LogP contribution >= 0.6 is 23.2 Å². The zero-order chi connectivity index (χ0) is 20.9. The number of carbonyl (C=O) groups excluding carboxylic acids is 1. The Morgan fingerprint density at radius 3 is 2.55 bits per heavy atom. The molecule has 0 unspecified atom stereocenters. The third-order valence-electron chi connectivity index (χ3n) is 3.76. The van der Waals surface area contributed by atoms with Crippen molar-refractivity contribution in [3.8, 4) is 0 Å². The van der Waals surface area contributed by atoms with Crippen LogP contribution in [0.1, 0.15) is 11.5 Å². The van der Waals surface area contributed by atoms with Crippen molar-refractivity contribution >= 4 is 50.9 Å². The molecule has 0 radical (unpaired) electrons. The van der Waals surface area contributed by atoms with Gasteiger partial charge in [0, 0.05) is 11.1 Å². The number of benzene rings is 2. The molecule has 0 atom stereocenters. The van der Waals surface area contributed by atoms with Crippen LogP contribution in [0.4, 0.5) is 5.69 Å². The van der Waals surface area contributed by atoms with Crippen LogP contribution in [0.25, 0.3) is 6.08 Å². The van der Waals surface area contributed by atoms with E-state index in [0.717, 1.165) is 0 Å². The first-order chi connectivity index (χ1) is 13.8. The van der Waals surface area contributed by atoms with E-state index in [2.05, 4.69) is 10.0 Å². The first kappa shape index (κ1) is 21.1. The predicted molar refractivity (Wildman–Crippen MR) is 113 cm³/mol. The Kier molecular flexibility index (Phi) is 6.76. The second kappa shape index (κ2) is 9.28. The maximum absolute atomic E-state index is 12.2. The van der Waals surface area contributed by atoms with Crippen molar-refractivity contribution in [2.24, 2.45) is 0 Å². The largest absolute Gasteiger partial charge is 0.460 e. The van der Waals surface area contributed by atoms with Gasteiger partial charge in [-0.2, -0.15) is 0 Å². The molecule has 0 aliphatic heterocycles. The third-order valence-corrected chi connectivity index (χ3v) is 5.74. The highest BCUT2D eigenvalue weighted by Gasteiger charge is 2.13. The quantitative estimate of drug-likeness (QED) is 0.509. The summed E-state index contributed by atoms with van der Waals surface area (Å²) in [5.41, 5.74) is 0.393. The molecular formula is C20H16Cl2N2O4S. The fourth-order valence-corrected chi connectivity index (χ4v) is 3.70. The van der Waals surface area contributed by atoms with Crippen LogP contribution in [0.5, 0.6) is 0 Å². The van der Waals surface area contributed by atoms with Gasteiger partial charge in [-0.3, -0.25) is 4.79 Å². The molecule has 9 heteroatoms. The van der Waals surface area contributed by atoms with Gasteiger partial charge in [-0.1, -0.05) is 41.4 Å². The lowest BCUT2D eigenvalue weighted by Crippen LogP contribution is -2.22. The average molecular weight is 451 g/mol. The zero-order valence-corrected chi connectivity index (χ0v) is 17.3. The fourth-order valence-electron chi connectivity index (χ4n) is 2.35. The molecule has 0 saturated heterocycles. The average Bonchev–Trinajstić information content (AvgIpc) is 3.16.